The van der Waals surface area contributed by atoms with Gasteiger partial charge in [0.1, 0.15) is 5.75 Å². The Kier molecular flexibility index (Phi) is 8.85. The molecule has 46 heavy (non-hydrogen) atoms. The third-order valence-electron chi connectivity index (χ3n) is 9.00. The summed E-state index contributed by atoms with van der Waals surface area (Å²) in [5, 5.41) is 0.213. The molecule has 0 saturated carbocycles. The lowest BCUT2D eigenvalue weighted by atomic mass is 9.87. The number of methoxy groups -OCH3 is 2. The highest BCUT2D eigenvalue weighted by Gasteiger charge is 2.61. The molecule has 2 aromatic carbocycles. The second-order valence-electron chi connectivity index (χ2n) is 11.6. The van der Waals surface area contributed by atoms with Gasteiger partial charge in [-0.3, -0.25) is 9.69 Å². The molecule has 1 atom stereocenters. The van der Waals surface area contributed by atoms with Crippen LogP contribution in [0.1, 0.15) is 24.0 Å². The molecule has 1 unspecified atom stereocenters. The van der Waals surface area contributed by atoms with Crippen LogP contribution in [0.4, 0.5) is 10.5 Å². The smallest absolute Gasteiger partial charge is 0.411 e. The van der Waals surface area contributed by atoms with Crippen molar-refractivity contribution in [2.24, 2.45) is 0 Å². The Bertz CT molecular complexity index is 1720. The number of benzene rings is 2. The van der Waals surface area contributed by atoms with Crippen molar-refractivity contribution in [1.29, 1.82) is 0 Å². The third kappa shape index (κ3) is 5.55. The number of halogens is 1. The zero-order chi connectivity index (χ0) is 32.6. The maximum atomic E-state index is 14.8. The average Bonchev–Trinajstić information content (AvgIpc) is 3.32. The zero-order valence-electron chi connectivity index (χ0n) is 25.9. The van der Waals surface area contributed by atoms with Crippen LogP contribution < -0.4 is 13.8 Å². The number of fused-ring (bicyclic) bond motifs is 1. The predicted molar refractivity (Wildman–Crippen MR) is 171 cm³/mol. The molecule has 3 aliphatic rings. The maximum absolute atomic E-state index is 14.8. The fourth-order valence-corrected chi connectivity index (χ4v) is 8.12. The first-order valence-electron chi connectivity index (χ1n) is 15.0. The second kappa shape index (κ2) is 12.7. The van der Waals surface area contributed by atoms with E-state index in [0.717, 1.165) is 25.9 Å². The number of carbonyl (C=O) groups excluding carboxylic acids is 2. The van der Waals surface area contributed by atoms with Gasteiger partial charge in [0, 0.05) is 49.0 Å². The number of amides is 2. The van der Waals surface area contributed by atoms with Crippen molar-refractivity contribution in [3.8, 4) is 11.6 Å². The van der Waals surface area contributed by atoms with E-state index in [1.165, 1.54) is 68.9 Å². The van der Waals surface area contributed by atoms with Crippen molar-refractivity contribution in [3.63, 3.8) is 0 Å². The average molecular weight is 670 g/mol. The quantitative estimate of drug-likeness (QED) is 0.369. The van der Waals surface area contributed by atoms with Crippen LogP contribution in [0, 0.1) is 0 Å². The number of aromatic nitrogens is 1. The summed E-state index contributed by atoms with van der Waals surface area (Å²) in [5.41, 5.74) is -2.14. The number of piperidine rings is 1. The number of piperazine rings is 1. The molecule has 0 bridgehead atoms. The number of ether oxygens (including phenoxy) is 3. The normalized spacial score (nSPS) is 21.3. The lowest BCUT2D eigenvalue weighted by Gasteiger charge is -2.42. The molecule has 2 fully saturated rings. The van der Waals surface area contributed by atoms with Gasteiger partial charge >= 0.3 is 6.09 Å². The van der Waals surface area contributed by atoms with Crippen molar-refractivity contribution >= 4 is 39.3 Å². The Morgan fingerprint density at radius 1 is 0.935 bits per heavy atom. The van der Waals surface area contributed by atoms with Gasteiger partial charge in [-0.2, -0.15) is 4.31 Å². The highest BCUT2D eigenvalue weighted by Crippen LogP contribution is 2.52. The lowest BCUT2D eigenvalue weighted by Crippen LogP contribution is -2.55. The summed E-state index contributed by atoms with van der Waals surface area (Å²) in [6, 6.07) is 13.5. The summed E-state index contributed by atoms with van der Waals surface area (Å²) >= 11 is 6.46. The first-order chi connectivity index (χ1) is 22.1. The van der Waals surface area contributed by atoms with Crippen molar-refractivity contribution in [2.75, 3.05) is 64.8 Å². The number of carbonyl (C=O) groups is 2. The number of sulfonamides is 1. The standard InChI is InChI=1S/C32H36ClN5O7S/c1-35-15-12-23(13-16-35)36-17-19-37(20-18-36)31(40)45-32(26-5-4-14-34-29(26)44-3)27-21-22(33)6-11-28(27)38(30(32)39)46(41,42)25-9-7-24(43-2)8-10-25/h4-11,14,21,23H,12-13,15-20H2,1-3H3. The summed E-state index contributed by atoms with van der Waals surface area (Å²) in [6.45, 7) is 4.14. The van der Waals surface area contributed by atoms with E-state index in [9.17, 15) is 18.0 Å². The van der Waals surface area contributed by atoms with Crippen molar-refractivity contribution in [2.45, 2.75) is 29.4 Å². The van der Waals surface area contributed by atoms with E-state index in [0.29, 0.717) is 42.3 Å². The van der Waals surface area contributed by atoms with Crippen LogP contribution in [0.25, 0.3) is 0 Å². The van der Waals surface area contributed by atoms with E-state index in [1.54, 1.807) is 11.0 Å². The molecular weight excluding hydrogens is 634 g/mol. The van der Waals surface area contributed by atoms with Gasteiger partial charge in [-0.1, -0.05) is 11.6 Å². The number of hydrogen-bond donors (Lipinski definition) is 0. The largest absolute Gasteiger partial charge is 0.497 e. The van der Waals surface area contributed by atoms with Crippen LogP contribution in [-0.4, -0.2) is 107 Å². The first-order valence-corrected chi connectivity index (χ1v) is 16.9. The van der Waals surface area contributed by atoms with Gasteiger partial charge in [0.25, 0.3) is 21.5 Å². The molecule has 1 aromatic heterocycles. The maximum Gasteiger partial charge on any atom is 0.411 e. The topological polar surface area (TPSA) is 122 Å². The number of likely N-dealkylation sites (tertiary alicyclic amines) is 1. The SMILES string of the molecule is COc1ccc(S(=O)(=O)N2C(=O)C(OC(=O)N3CCN(C4CCN(C)CC4)CC3)(c3cccnc3OC)c3cc(Cl)ccc32)cc1. The molecule has 2 saturated heterocycles. The van der Waals surface area contributed by atoms with Crippen LogP contribution >= 0.6 is 11.6 Å². The Labute approximate surface area is 273 Å². The number of nitrogens with zero attached hydrogens (tertiary/aromatic N) is 5. The number of anilines is 1. The van der Waals surface area contributed by atoms with Crippen LogP contribution in [0.3, 0.4) is 0 Å². The summed E-state index contributed by atoms with van der Waals surface area (Å²) in [5.74, 6) is -0.589. The van der Waals surface area contributed by atoms with Crippen LogP contribution in [0.5, 0.6) is 11.6 Å². The minimum atomic E-state index is -4.51. The van der Waals surface area contributed by atoms with Gasteiger partial charge in [-0.15, -0.1) is 0 Å². The van der Waals surface area contributed by atoms with Gasteiger partial charge in [-0.25, -0.2) is 18.2 Å². The minimum absolute atomic E-state index is 0.00369. The summed E-state index contributed by atoms with van der Waals surface area (Å²) < 4.78 is 46.0. The summed E-state index contributed by atoms with van der Waals surface area (Å²) in [7, 11) is 0.441. The van der Waals surface area contributed by atoms with Crippen molar-refractivity contribution in [3.05, 3.63) is 76.9 Å². The second-order valence-corrected chi connectivity index (χ2v) is 13.8. The molecule has 3 aliphatic heterocycles. The molecular formula is C32H36ClN5O7S. The highest BCUT2D eigenvalue weighted by molar-refractivity contribution is 7.93. The van der Waals surface area contributed by atoms with Crippen LogP contribution in [-0.2, 0) is 25.2 Å². The fourth-order valence-electron chi connectivity index (χ4n) is 6.49. The Morgan fingerprint density at radius 3 is 2.28 bits per heavy atom. The van der Waals surface area contributed by atoms with Gasteiger partial charge in [0.2, 0.25) is 5.88 Å². The van der Waals surface area contributed by atoms with E-state index < -0.39 is 27.6 Å². The Morgan fingerprint density at radius 2 is 1.63 bits per heavy atom. The van der Waals surface area contributed by atoms with Crippen molar-refractivity contribution in [1.82, 2.24) is 19.7 Å². The molecule has 14 heteroatoms. The molecule has 244 valence electrons. The van der Waals surface area contributed by atoms with Gasteiger partial charge < -0.3 is 24.0 Å². The monoisotopic (exact) mass is 669 g/mol. The Hall–Kier alpha value is -3.91. The number of pyridine rings is 1. The van der Waals surface area contributed by atoms with E-state index in [-0.39, 0.29) is 32.6 Å². The summed E-state index contributed by atoms with van der Waals surface area (Å²) in [4.78, 5) is 39.2. The van der Waals surface area contributed by atoms with E-state index in [1.807, 2.05) is 0 Å². The zero-order valence-corrected chi connectivity index (χ0v) is 27.5. The molecule has 0 spiro atoms. The van der Waals surface area contributed by atoms with Crippen LogP contribution in [0.15, 0.2) is 65.7 Å². The molecule has 4 heterocycles. The van der Waals surface area contributed by atoms with Crippen molar-refractivity contribution < 1.29 is 32.2 Å². The minimum Gasteiger partial charge on any atom is -0.497 e. The molecule has 0 radical (unpaired) electrons. The molecule has 12 nitrogen and oxygen atoms in total. The van der Waals surface area contributed by atoms with Crippen LogP contribution in [0.2, 0.25) is 5.02 Å². The van der Waals surface area contributed by atoms with Gasteiger partial charge in [0.05, 0.1) is 30.4 Å². The van der Waals surface area contributed by atoms with Gasteiger partial charge in [-0.05, 0) is 87.6 Å². The molecule has 2 amide bonds. The molecule has 6 rings (SSSR count). The fraction of sp³-hybridized carbons (Fsp3) is 0.406. The number of rotatable bonds is 7. The molecule has 0 aliphatic carbocycles. The molecule has 3 aromatic rings. The van der Waals surface area contributed by atoms with E-state index in [2.05, 4.69) is 21.8 Å². The lowest BCUT2D eigenvalue weighted by molar-refractivity contribution is -0.132. The Balaban J connectivity index is 1.40. The van der Waals surface area contributed by atoms with E-state index >= 15 is 0 Å². The highest BCUT2D eigenvalue weighted by atomic mass is 35.5. The molecule has 0 N–H and O–H groups in total. The van der Waals surface area contributed by atoms with Gasteiger partial charge in [0.15, 0.2) is 0 Å². The third-order valence-corrected chi connectivity index (χ3v) is 10.9. The first kappa shape index (κ1) is 32.0. The summed E-state index contributed by atoms with van der Waals surface area (Å²) in [6.07, 6.45) is 2.83. The van der Waals surface area contributed by atoms with E-state index in [4.69, 9.17) is 25.8 Å². The number of hydrogen-bond acceptors (Lipinski definition) is 10. The predicted octanol–water partition coefficient (Wildman–Crippen LogP) is 3.58.